The number of nitrogens with one attached hydrogen (secondary N) is 1. The second-order valence-corrected chi connectivity index (χ2v) is 9.00. The van der Waals surface area contributed by atoms with Crippen molar-refractivity contribution in [1.29, 1.82) is 0 Å². The molecule has 1 saturated heterocycles. The van der Waals surface area contributed by atoms with Crippen molar-refractivity contribution in [3.05, 3.63) is 26.7 Å². The molecule has 2 aromatic rings. The van der Waals surface area contributed by atoms with Gasteiger partial charge >= 0.3 is 11.7 Å². The number of nitrogens with zero attached hydrogens (tertiary/aromatic N) is 5. The zero-order chi connectivity index (χ0) is 21.5. The fourth-order valence-corrected chi connectivity index (χ4v) is 3.88. The van der Waals surface area contributed by atoms with E-state index in [4.69, 9.17) is 0 Å². The van der Waals surface area contributed by atoms with Crippen LogP contribution in [0, 0.1) is 0 Å². The van der Waals surface area contributed by atoms with Crippen LogP contribution in [0.15, 0.2) is 14.6 Å². The average Bonchev–Trinajstić information content (AvgIpc) is 2.98. The van der Waals surface area contributed by atoms with E-state index in [2.05, 4.69) is 15.3 Å². The lowest BCUT2D eigenvalue weighted by Crippen LogP contribution is -2.38. The number of carbonyl (C=O) groups excluding carboxylic acids is 2. The molecule has 0 aromatic carbocycles. The maximum atomic E-state index is 12.8. The van der Waals surface area contributed by atoms with Crippen LogP contribution >= 0.6 is 11.8 Å². The van der Waals surface area contributed by atoms with Crippen LogP contribution in [-0.2, 0) is 24.3 Å². The number of urea groups is 1. The summed E-state index contributed by atoms with van der Waals surface area (Å²) in [6.07, 6.45) is 0.548. The molecule has 0 atom stereocenters. The fraction of sp³-hybridized carbons (Fsp3) is 0.556. The minimum Gasteiger partial charge on any atom is -0.329 e. The summed E-state index contributed by atoms with van der Waals surface area (Å²) in [6, 6.07) is -0.383. The topological polar surface area (TPSA) is 119 Å². The molecule has 1 aliphatic rings. The summed E-state index contributed by atoms with van der Waals surface area (Å²) in [6.45, 7) is 6.20. The summed E-state index contributed by atoms with van der Waals surface area (Å²) in [7, 11) is 3.00. The van der Waals surface area contributed by atoms with Gasteiger partial charge in [0.1, 0.15) is 16.2 Å². The molecule has 10 nitrogen and oxygen atoms in total. The van der Waals surface area contributed by atoms with E-state index in [1.54, 1.807) is 7.05 Å². The van der Waals surface area contributed by atoms with Gasteiger partial charge in [-0.05, 0) is 6.42 Å². The molecule has 3 rings (SSSR count). The Hall–Kier alpha value is -2.69. The van der Waals surface area contributed by atoms with Gasteiger partial charge in [-0.15, -0.1) is 11.8 Å². The smallest absolute Gasteiger partial charge is 0.329 e. The van der Waals surface area contributed by atoms with Crippen molar-refractivity contribution in [2.24, 2.45) is 14.1 Å². The van der Waals surface area contributed by atoms with Crippen LogP contribution in [0.1, 0.15) is 33.0 Å². The highest BCUT2D eigenvalue weighted by Gasteiger charge is 2.28. The lowest BCUT2D eigenvalue weighted by atomic mass is 9.96. The van der Waals surface area contributed by atoms with E-state index in [9.17, 15) is 19.2 Å². The highest BCUT2D eigenvalue weighted by atomic mass is 32.2. The molecular formula is C18H24N6O4S. The van der Waals surface area contributed by atoms with Crippen molar-refractivity contribution < 1.29 is 9.59 Å². The van der Waals surface area contributed by atoms with E-state index in [1.807, 2.05) is 20.8 Å². The van der Waals surface area contributed by atoms with Crippen molar-refractivity contribution in [3.8, 4) is 0 Å². The van der Waals surface area contributed by atoms with E-state index in [1.165, 1.54) is 28.3 Å². The molecule has 1 fully saturated rings. The lowest BCUT2D eigenvalue weighted by molar-refractivity contribution is -0.124. The number of thioether (sulfide) groups is 1. The zero-order valence-electron chi connectivity index (χ0n) is 17.1. The molecule has 2 aromatic heterocycles. The molecule has 0 radical (unpaired) electrons. The van der Waals surface area contributed by atoms with E-state index < -0.39 is 11.2 Å². The van der Waals surface area contributed by atoms with E-state index in [0.29, 0.717) is 40.6 Å². The van der Waals surface area contributed by atoms with Crippen LogP contribution in [0.3, 0.4) is 0 Å². The lowest BCUT2D eigenvalue weighted by Gasteiger charge is -2.19. The number of carbonyl (C=O) groups is 2. The summed E-state index contributed by atoms with van der Waals surface area (Å²) in [5, 5.41) is 3.27. The second kappa shape index (κ2) is 7.62. The van der Waals surface area contributed by atoms with Crippen molar-refractivity contribution in [3.63, 3.8) is 0 Å². The molecule has 1 aliphatic heterocycles. The Bertz CT molecular complexity index is 1100. The normalized spacial score (nSPS) is 14.7. The molecular weight excluding hydrogens is 396 g/mol. The first kappa shape index (κ1) is 21.0. The van der Waals surface area contributed by atoms with Gasteiger partial charge in [0.25, 0.3) is 5.56 Å². The number of imide groups is 1. The summed E-state index contributed by atoms with van der Waals surface area (Å²) < 4.78 is 2.39. The number of fused-ring (bicyclic) bond motifs is 1. The van der Waals surface area contributed by atoms with Crippen molar-refractivity contribution in [2.75, 3.05) is 18.8 Å². The fourth-order valence-electron chi connectivity index (χ4n) is 2.94. The minimum atomic E-state index is -0.449. The molecule has 3 heterocycles. The zero-order valence-corrected chi connectivity index (χ0v) is 17.9. The third kappa shape index (κ3) is 3.91. The van der Waals surface area contributed by atoms with Gasteiger partial charge < -0.3 is 5.32 Å². The molecule has 3 amide bonds. The third-order valence-corrected chi connectivity index (χ3v) is 5.70. The van der Waals surface area contributed by atoms with Gasteiger partial charge in [0.15, 0.2) is 5.65 Å². The Morgan fingerprint density at radius 3 is 2.34 bits per heavy atom. The Kier molecular flexibility index (Phi) is 5.52. The molecule has 0 unspecified atom stereocenters. The Balaban J connectivity index is 1.95. The maximum absolute atomic E-state index is 12.8. The van der Waals surface area contributed by atoms with Gasteiger partial charge in [-0.3, -0.25) is 23.6 Å². The van der Waals surface area contributed by atoms with Crippen LogP contribution in [0.5, 0.6) is 0 Å². The number of aromatic nitrogens is 4. The summed E-state index contributed by atoms with van der Waals surface area (Å²) >= 11 is 1.35. The average molecular weight is 420 g/mol. The number of rotatable bonds is 5. The van der Waals surface area contributed by atoms with Crippen LogP contribution in [0.25, 0.3) is 11.0 Å². The molecule has 0 aliphatic carbocycles. The maximum Gasteiger partial charge on any atom is 0.332 e. The molecule has 0 saturated carbocycles. The van der Waals surface area contributed by atoms with Crippen LogP contribution in [0.4, 0.5) is 4.79 Å². The Labute approximate surface area is 171 Å². The van der Waals surface area contributed by atoms with E-state index >= 15 is 0 Å². The SMILES string of the molecule is Cn1c(=O)c2c(SCCCN3C(=O)CNC3=O)nc(C(C)(C)C)nc2n(C)c1=O. The predicted octanol–water partition coefficient (Wildman–Crippen LogP) is 0.359. The molecule has 0 spiro atoms. The largest absolute Gasteiger partial charge is 0.332 e. The van der Waals surface area contributed by atoms with Crippen LogP contribution in [-0.4, -0.2) is 54.8 Å². The summed E-state index contributed by atoms with van der Waals surface area (Å²) in [5.41, 5.74) is -0.967. The number of hydrogen-bond donors (Lipinski definition) is 1. The van der Waals surface area contributed by atoms with Gasteiger partial charge in [-0.25, -0.2) is 19.6 Å². The van der Waals surface area contributed by atoms with E-state index in [-0.39, 0.29) is 23.9 Å². The van der Waals surface area contributed by atoms with Gasteiger partial charge in [0, 0.05) is 31.8 Å². The number of aryl methyl sites for hydroxylation is 1. The third-order valence-electron chi connectivity index (χ3n) is 4.64. The van der Waals surface area contributed by atoms with Crippen LogP contribution in [0.2, 0.25) is 0 Å². The monoisotopic (exact) mass is 420 g/mol. The van der Waals surface area contributed by atoms with Gasteiger partial charge in [0.05, 0.1) is 6.54 Å². The first-order valence-corrected chi connectivity index (χ1v) is 10.2. The summed E-state index contributed by atoms with van der Waals surface area (Å²) in [4.78, 5) is 58.7. The van der Waals surface area contributed by atoms with Gasteiger partial charge in [-0.2, -0.15) is 0 Å². The highest BCUT2D eigenvalue weighted by Crippen LogP contribution is 2.27. The quantitative estimate of drug-likeness (QED) is 0.321. The van der Waals surface area contributed by atoms with E-state index in [0.717, 1.165) is 4.57 Å². The van der Waals surface area contributed by atoms with Gasteiger partial charge in [0.2, 0.25) is 5.91 Å². The molecule has 0 bridgehead atoms. The summed E-state index contributed by atoms with van der Waals surface area (Å²) in [5.74, 6) is 0.829. The second-order valence-electron chi connectivity index (χ2n) is 7.91. The van der Waals surface area contributed by atoms with Crippen molar-refractivity contribution in [1.82, 2.24) is 29.3 Å². The standard InChI is InChI=1S/C18H24N6O4S/c1-18(2,3)15-20-12-11(14(26)23(5)17(28)22(12)4)13(21-15)29-8-6-7-24-10(25)9-19-16(24)27/h6-9H2,1-5H3,(H,19,27). The first-order valence-electron chi connectivity index (χ1n) is 9.21. The number of amides is 3. The first-order chi connectivity index (χ1) is 13.5. The van der Waals surface area contributed by atoms with Crippen molar-refractivity contribution >= 4 is 34.7 Å². The van der Waals surface area contributed by atoms with Crippen LogP contribution < -0.4 is 16.6 Å². The van der Waals surface area contributed by atoms with Gasteiger partial charge in [-0.1, -0.05) is 20.8 Å². The highest BCUT2D eigenvalue weighted by molar-refractivity contribution is 7.99. The molecule has 156 valence electrons. The molecule has 29 heavy (non-hydrogen) atoms. The Morgan fingerprint density at radius 2 is 1.76 bits per heavy atom. The minimum absolute atomic E-state index is 0.0293. The molecule has 11 heteroatoms. The molecule has 1 N–H and O–H groups in total. The van der Waals surface area contributed by atoms with Crippen molar-refractivity contribution in [2.45, 2.75) is 37.6 Å². The predicted molar refractivity (Wildman–Crippen MR) is 109 cm³/mol. The number of hydrogen-bond acceptors (Lipinski definition) is 7. The Morgan fingerprint density at radius 1 is 1.07 bits per heavy atom.